The fraction of sp³-hybridized carbons (Fsp3) is 0.222. The number of thiocarbonyl (C=S) groups is 2. The smallest absolute Gasteiger partial charge is 0.340 e. The van der Waals surface area contributed by atoms with Gasteiger partial charge in [-0.2, -0.15) is 4.99 Å². The quantitative estimate of drug-likeness (QED) is 0.129. The molecule has 1 heterocycles. The Balaban J connectivity index is 0.000000149. The molecule has 0 radical (unpaired) electrons. The molecule has 234 valence electrons. The molecule has 10 heteroatoms. The molecule has 7 rings (SSSR count). The number of methoxy groups -OCH3 is 1. The van der Waals surface area contributed by atoms with Crippen molar-refractivity contribution in [1.82, 2.24) is 4.90 Å². The first-order chi connectivity index (χ1) is 22.2. The predicted octanol–water partition coefficient (Wildman–Crippen LogP) is 8.02. The van der Waals surface area contributed by atoms with Crippen LogP contribution in [0.4, 0.5) is 5.69 Å². The maximum Gasteiger partial charge on any atom is 0.340 e. The highest BCUT2D eigenvalue weighted by atomic mass is 79.9. The summed E-state index contributed by atoms with van der Waals surface area (Å²) in [6.45, 7) is 0. The summed E-state index contributed by atoms with van der Waals surface area (Å²) in [5.41, 5.74) is 14.0. The fourth-order valence-corrected chi connectivity index (χ4v) is 7.26. The number of benzene rings is 4. The molecule has 1 amide bonds. The molecule has 3 aliphatic rings. The van der Waals surface area contributed by atoms with Crippen molar-refractivity contribution in [3.05, 3.63) is 133 Å². The number of amides is 1. The van der Waals surface area contributed by atoms with Gasteiger partial charge in [0.25, 0.3) is 5.91 Å². The molecular weight excluding hydrogens is 746 g/mol. The van der Waals surface area contributed by atoms with Crippen LogP contribution in [0.3, 0.4) is 0 Å². The van der Waals surface area contributed by atoms with Crippen LogP contribution in [0, 0.1) is 0 Å². The molecule has 0 saturated heterocycles. The SMILES string of the molecule is COC(=O)c1ccc(Br)cc1N=C=S.NC1Cc2ccccc2C1.O=C1c2ccc(Br)cc2CC(=S)N1C1Cc2ccccc2C1. The standard InChI is InChI=1S/C18H14BrNOS.C9H6BrNO2S.C9H11N/c19-14-5-6-16-13(7-14)10-17(22)20(18(16)21)15-8-11-3-1-2-4-12(11)9-15;1-13-9(12)7-3-2-6(10)4-8(7)11-5-14;10-9-5-7-3-1-2-4-8(7)6-9/h1-7,15H,8-10H2;2-4H,1H3;1-4,9H,5-6,10H2. The average molecular weight is 778 g/mol. The highest BCUT2D eigenvalue weighted by Crippen LogP contribution is 2.31. The second-order valence-electron chi connectivity index (χ2n) is 11.2. The Kier molecular flexibility index (Phi) is 11.4. The summed E-state index contributed by atoms with van der Waals surface area (Å²) < 4.78 is 6.39. The summed E-state index contributed by atoms with van der Waals surface area (Å²) in [5, 5.41) is 2.21. The number of nitrogens with two attached hydrogens (primary N) is 1. The third-order valence-corrected chi connectivity index (χ3v) is 9.55. The van der Waals surface area contributed by atoms with Gasteiger partial charge in [-0.15, -0.1) is 0 Å². The number of aliphatic imine (C=N–C) groups is 1. The molecule has 4 aromatic rings. The number of hydrogen-bond acceptors (Lipinski definition) is 7. The van der Waals surface area contributed by atoms with Crippen molar-refractivity contribution in [1.29, 1.82) is 0 Å². The van der Waals surface area contributed by atoms with Crippen molar-refractivity contribution in [2.45, 2.75) is 44.2 Å². The molecule has 46 heavy (non-hydrogen) atoms. The van der Waals surface area contributed by atoms with Crippen molar-refractivity contribution in [3.63, 3.8) is 0 Å². The van der Waals surface area contributed by atoms with Crippen molar-refractivity contribution in [2.24, 2.45) is 10.7 Å². The Labute approximate surface area is 296 Å². The number of halogens is 2. The summed E-state index contributed by atoms with van der Waals surface area (Å²) in [7, 11) is 1.31. The minimum atomic E-state index is -0.443. The molecule has 0 fully saturated rings. The van der Waals surface area contributed by atoms with Gasteiger partial charge in [0.15, 0.2) is 0 Å². The molecule has 0 aromatic heterocycles. The van der Waals surface area contributed by atoms with Gasteiger partial charge in [-0.05, 0) is 102 Å². The molecule has 0 saturated carbocycles. The normalized spacial score (nSPS) is 14.9. The molecular formula is C36H31Br2N3O3S2. The highest BCUT2D eigenvalue weighted by molar-refractivity contribution is 9.10. The number of rotatable bonds is 3. The Hall–Kier alpha value is -3.37. The van der Waals surface area contributed by atoms with Crippen LogP contribution in [0.5, 0.6) is 0 Å². The Morgan fingerprint density at radius 1 is 0.870 bits per heavy atom. The molecule has 0 atom stereocenters. The van der Waals surface area contributed by atoms with Gasteiger partial charge in [-0.25, -0.2) is 4.79 Å². The van der Waals surface area contributed by atoms with E-state index in [1.165, 1.54) is 29.4 Å². The van der Waals surface area contributed by atoms with E-state index in [2.05, 4.69) is 107 Å². The maximum atomic E-state index is 12.9. The molecule has 2 N–H and O–H groups in total. The van der Waals surface area contributed by atoms with Crippen LogP contribution < -0.4 is 5.73 Å². The van der Waals surface area contributed by atoms with Crippen LogP contribution in [-0.4, -0.2) is 46.1 Å². The molecule has 0 bridgehead atoms. The van der Waals surface area contributed by atoms with Gasteiger partial charge in [-0.3, -0.25) is 9.69 Å². The molecule has 0 spiro atoms. The summed E-state index contributed by atoms with van der Waals surface area (Å²) >= 11 is 16.8. The van der Waals surface area contributed by atoms with Gasteiger partial charge in [0, 0.05) is 33.0 Å². The topological polar surface area (TPSA) is 85.0 Å². The van der Waals surface area contributed by atoms with Crippen LogP contribution in [0.1, 0.15) is 48.5 Å². The molecule has 2 aliphatic carbocycles. The minimum absolute atomic E-state index is 0.0524. The number of carbonyl (C=O) groups excluding carboxylic acids is 2. The van der Waals surface area contributed by atoms with E-state index in [0.717, 1.165) is 50.7 Å². The van der Waals surface area contributed by atoms with E-state index >= 15 is 0 Å². The summed E-state index contributed by atoms with van der Waals surface area (Å²) in [6.07, 6.45) is 4.59. The van der Waals surface area contributed by atoms with Gasteiger partial charge < -0.3 is 10.5 Å². The first-order valence-corrected chi connectivity index (χ1v) is 17.1. The summed E-state index contributed by atoms with van der Waals surface area (Å²) in [5.74, 6) is -0.391. The third-order valence-electron chi connectivity index (χ3n) is 8.14. The average Bonchev–Trinajstić information content (AvgIpc) is 3.64. The highest BCUT2D eigenvalue weighted by Gasteiger charge is 2.36. The Morgan fingerprint density at radius 2 is 1.41 bits per heavy atom. The van der Waals surface area contributed by atoms with Gasteiger partial charge in [-0.1, -0.05) is 92.6 Å². The van der Waals surface area contributed by atoms with Crippen molar-refractivity contribution in [3.8, 4) is 0 Å². The zero-order chi connectivity index (χ0) is 32.8. The van der Waals surface area contributed by atoms with Crippen LogP contribution in [0.2, 0.25) is 0 Å². The number of fused-ring (bicyclic) bond motifs is 3. The number of nitrogens with zero attached hydrogens (tertiary/aromatic N) is 2. The number of carbonyl (C=O) groups is 2. The molecule has 4 aromatic carbocycles. The number of hydrogen-bond donors (Lipinski definition) is 1. The van der Waals surface area contributed by atoms with Crippen molar-refractivity contribution in [2.75, 3.05) is 7.11 Å². The summed E-state index contributed by atoms with van der Waals surface area (Å²) in [4.78, 5) is 30.5. The van der Waals surface area contributed by atoms with Crippen molar-refractivity contribution < 1.29 is 14.3 Å². The second kappa shape index (κ2) is 15.5. The number of ether oxygens (including phenoxy) is 1. The van der Waals surface area contributed by atoms with Crippen LogP contribution in [-0.2, 0) is 36.8 Å². The lowest BCUT2D eigenvalue weighted by molar-refractivity contribution is 0.0601. The lowest BCUT2D eigenvalue weighted by Gasteiger charge is -2.34. The van der Waals surface area contributed by atoms with E-state index in [1.54, 1.807) is 18.2 Å². The first kappa shape index (κ1) is 34.0. The van der Waals surface area contributed by atoms with Gasteiger partial charge >= 0.3 is 5.97 Å². The fourth-order valence-electron chi connectivity index (χ4n) is 6.02. The summed E-state index contributed by atoms with van der Waals surface area (Å²) in [6, 6.07) is 28.3. The first-order valence-electron chi connectivity index (χ1n) is 14.7. The number of isothiocyanates is 1. The molecule has 6 nitrogen and oxygen atoms in total. The minimum Gasteiger partial charge on any atom is -0.465 e. The van der Waals surface area contributed by atoms with E-state index < -0.39 is 5.97 Å². The van der Waals surface area contributed by atoms with Crippen LogP contribution in [0.15, 0.2) is 98.9 Å². The Morgan fingerprint density at radius 3 is 1.98 bits per heavy atom. The number of esters is 1. The lowest BCUT2D eigenvalue weighted by Crippen LogP contribution is -2.48. The zero-order valence-corrected chi connectivity index (χ0v) is 29.8. The van der Waals surface area contributed by atoms with Gasteiger partial charge in [0.2, 0.25) is 0 Å². The Bertz CT molecular complexity index is 1810. The third kappa shape index (κ3) is 7.94. The van der Waals surface area contributed by atoms with E-state index in [4.69, 9.17) is 18.0 Å². The van der Waals surface area contributed by atoms with Crippen LogP contribution >= 0.6 is 56.3 Å². The molecule has 1 aliphatic heterocycles. The van der Waals surface area contributed by atoms with E-state index in [-0.39, 0.29) is 11.9 Å². The van der Waals surface area contributed by atoms with Gasteiger partial charge in [0.1, 0.15) is 0 Å². The zero-order valence-electron chi connectivity index (χ0n) is 25.0. The monoisotopic (exact) mass is 775 g/mol. The van der Waals surface area contributed by atoms with E-state index in [1.807, 2.05) is 23.1 Å². The van der Waals surface area contributed by atoms with E-state index in [9.17, 15) is 9.59 Å². The predicted molar refractivity (Wildman–Crippen MR) is 196 cm³/mol. The second-order valence-corrected chi connectivity index (χ2v) is 13.7. The van der Waals surface area contributed by atoms with Gasteiger partial charge in [0.05, 0.1) is 28.5 Å². The van der Waals surface area contributed by atoms with Crippen molar-refractivity contribution >= 4 is 84.0 Å². The maximum absolute atomic E-state index is 12.9. The van der Waals surface area contributed by atoms with Crippen LogP contribution in [0.25, 0.3) is 0 Å². The molecule has 0 unspecified atom stereocenters. The van der Waals surface area contributed by atoms with E-state index in [0.29, 0.717) is 23.7 Å². The largest absolute Gasteiger partial charge is 0.465 e. The lowest BCUT2D eigenvalue weighted by atomic mass is 9.97.